The highest BCUT2D eigenvalue weighted by atomic mass is 79.9. The lowest BCUT2D eigenvalue weighted by Gasteiger charge is -2.08. The van der Waals surface area contributed by atoms with E-state index in [4.69, 9.17) is 4.74 Å². The number of carbonyl (C=O) groups is 1. The molecule has 0 aliphatic heterocycles. The van der Waals surface area contributed by atoms with E-state index in [0.717, 1.165) is 9.35 Å². The molecule has 0 spiro atoms. The van der Waals surface area contributed by atoms with E-state index >= 15 is 0 Å². The Morgan fingerprint density at radius 2 is 2.22 bits per heavy atom. The molecule has 5 heteroatoms. The predicted molar refractivity (Wildman–Crippen MR) is 72.8 cm³/mol. The van der Waals surface area contributed by atoms with Gasteiger partial charge in [0.05, 0.1) is 9.35 Å². The molecule has 94 valence electrons. The summed E-state index contributed by atoms with van der Waals surface area (Å²) in [5, 5.41) is 1.96. The maximum absolute atomic E-state index is 13.1. The van der Waals surface area contributed by atoms with Crippen molar-refractivity contribution in [2.45, 2.75) is 13.5 Å². The average Bonchev–Trinajstić information content (AvgIpc) is 2.73. The molecule has 0 saturated heterocycles. The second-order valence-corrected chi connectivity index (χ2v) is 6.03. The SMILES string of the molecule is CC(=O)c1cc(F)ccc1OCc1csc(Br)c1. The van der Waals surface area contributed by atoms with Crippen molar-refractivity contribution in [1.29, 1.82) is 0 Å². The Bertz CT molecular complexity index is 580. The quantitative estimate of drug-likeness (QED) is 0.776. The zero-order valence-electron chi connectivity index (χ0n) is 9.57. The largest absolute Gasteiger partial charge is 0.488 e. The van der Waals surface area contributed by atoms with Crippen LogP contribution >= 0.6 is 27.3 Å². The van der Waals surface area contributed by atoms with Crippen LogP contribution in [0.4, 0.5) is 4.39 Å². The summed E-state index contributed by atoms with van der Waals surface area (Å²) in [6, 6.07) is 5.90. The maximum Gasteiger partial charge on any atom is 0.163 e. The van der Waals surface area contributed by atoms with Gasteiger partial charge in [-0.15, -0.1) is 11.3 Å². The molecular weight excluding hydrogens is 319 g/mol. The highest BCUT2D eigenvalue weighted by Gasteiger charge is 2.10. The van der Waals surface area contributed by atoms with Gasteiger partial charge in [-0.05, 0) is 52.5 Å². The number of hydrogen-bond donors (Lipinski definition) is 0. The Hall–Kier alpha value is -1.20. The molecule has 0 N–H and O–H groups in total. The third-order valence-electron chi connectivity index (χ3n) is 2.34. The second-order valence-electron chi connectivity index (χ2n) is 3.74. The van der Waals surface area contributed by atoms with Gasteiger partial charge < -0.3 is 4.74 Å². The van der Waals surface area contributed by atoms with Gasteiger partial charge in [0.15, 0.2) is 5.78 Å². The molecule has 2 rings (SSSR count). The van der Waals surface area contributed by atoms with Gasteiger partial charge in [0.2, 0.25) is 0 Å². The zero-order chi connectivity index (χ0) is 13.1. The van der Waals surface area contributed by atoms with Gasteiger partial charge in [-0.1, -0.05) is 0 Å². The molecule has 2 aromatic rings. The van der Waals surface area contributed by atoms with Gasteiger partial charge in [-0.25, -0.2) is 4.39 Å². The van der Waals surface area contributed by atoms with E-state index in [-0.39, 0.29) is 11.3 Å². The van der Waals surface area contributed by atoms with Crippen LogP contribution in [0.15, 0.2) is 33.4 Å². The van der Waals surface area contributed by atoms with Crippen LogP contribution < -0.4 is 4.74 Å². The standard InChI is InChI=1S/C13H10BrFO2S/c1-8(16)11-5-10(15)2-3-12(11)17-6-9-4-13(14)18-7-9/h2-5,7H,6H2,1H3. The van der Waals surface area contributed by atoms with Crippen LogP contribution in [0.3, 0.4) is 0 Å². The van der Waals surface area contributed by atoms with E-state index in [1.807, 2.05) is 11.4 Å². The van der Waals surface area contributed by atoms with Crippen molar-refractivity contribution in [3.05, 3.63) is 50.4 Å². The molecular formula is C13H10BrFO2S. The third kappa shape index (κ3) is 3.17. The number of carbonyl (C=O) groups excluding carboxylic acids is 1. The predicted octanol–water partition coefficient (Wildman–Crippen LogP) is 4.43. The molecule has 0 amide bonds. The lowest BCUT2D eigenvalue weighted by molar-refractivity contribution is 0.101. The number of ether oxygens (including phenoxy) is 1. The Balaban J connectivity index is 2.16. The molecule has 0 fully saturated rings. The zero-order valence-corrected chi connectivity index (χ0v) is 12.0. The van der Waals surface area contributed by atoms with Crippen LogP contribution in [0.25, 0.3) is 0 Å². The number of halogens is 2. The summed E-state index contributed by atoms with van der Waals surface area (Å²) in [6.07, 6.45) is 0. The summed E-state index contributed by atoms with van der Waals surface area (Å²) in [4.78, 5) is 11.4. The first-order valence-corrected chi connectivity index (χ1v) is 6.89. The summed E-state index contributed by atoms with van der Waals surface area (Å²) >= 11 is 4.93. The van der Waals surface area contributed by atoms with Crippen molar-refractivity contribution >= 4 is 33.0 Å². The van der Waals surface area contributed by atoms with Crippen LogP contribution in [0.1, 0.15) is 22.8 Å². The molecule has 0 bridgehead atoms. The Morgan fingerprint density at radius 1 is 1.44 bits per heavy atom. The molecule has 0 aliphatic rings. The van der Waals surface area contributed by atoms with Crippen LogP contribution in [0.5, 0.6) is 5.75 Å². The molecule has 0 radical (unpaired) electrons. The van der Waals surface area contributed by atoms with Crippen LogP contribution in [0, 0.1) is 5.82 Å². The summed E-state index contributed by atoms with van der Waals surface area (Å²) in [5.41, 5.74) is 1.27. The highest BCUT2D eigenvalue weighted by molar-refractivity contribution is 9.11. The molecule has 0 unspecified atom stereocenters. The fourth-order valence-corrected chi connectivity index (χ4v) is 2.68. The van der Waals surface area contributed by atoms with Gasteiger partial charge in [0.1, 0.15) is 18.2 Å². The number of ketones is 1. The van der Waals surface area contributed by atoms with E-state index in [1.54, 1.807) is 11.3 Å². The van der Waals surface area contributed by atoms with Crippen molar-refractivity contribution < 1.29 is 13.9 Å². The summed E-state index contributed by atoms with van der Waals surface area (Å²) in [7, 11) is 0. The second kappa shape index (κ2) is 5.63. The highest BCUT2D eigenvalue weighted by Crippen LogP contribution is 2.24. The van der Waals surface area contributed by atoms with E-state index in [0.29, 0.717) is 12.4 Å². The van der Waals surface area contributed by atoms with Gasteiger partial charge in [0, 0.05) is 5.56 Å². The average molecular weight is 329 g/mol. The normalized spacial score (nSPS) is 10.4. The van der Waals surface area contributed by atoms with Crippen molar-refractivity contribution in [1.82, 2.24) is 0 Å². The van der Waals surface area contributed by atoms with Crippen molar-refractivity contribution in [3.8, 4) is 5.75 Å². The van der Waals surface area contributed by atoms with Gasteiger partial charge in [-0.3, -0.25) is 4.79 Å². The fraction of sp³-hybridized carbons (Fsp3) is 0.154. The smallest absolute Gasteiger partial charge is 0.163 e. The molecule has 1 aromatic heterocycles. The first-order chi connectivity index (χ1) is 8.56. The third-order valence-corrected chi connectivity index (χ3v) is 3.89. The Kier molecular flexibility index (Phi) is 4.14. The Morgan fingerprint density at radius 3 is 2.83 bits per heavy atom. The van der Waals surface area contributed by atoms with Crippen molar-refractivity contribution in [3.63, 3.8) is 0 Å². The first kappa shape index (κ1) is 13.2. The van der Waals surface area contributed by atoms with E-state index in [9.17, 15) is 9.18 Å². The minimum Gasteiger partial charge on any atom is -0.488 e. The van der Waals surface area contributed by atoms with Crippen LogP contribution in [-0.2, 0) is 6.61 Å². The number of Topliss-reactive ketones (excluding diaryl/α,β-unsaturated/α-hetero) is 1. The molecule has 0 saturated carbocycles. The van der Waals surface area contributed by atoms with Gasteiger partial charge >= 0.3 is 0 Å². The number of benzene rings is 1. The van der Waals surface area contributed by atoms with Crippen LogP contribution in [-0.4, -0.2) is 5.78 Å². The lowest BCUT2D eigenvalue weighted by Crippen LogP contribution is -2.01. The van der Waals surface area contributed by atoms with Gasteiger partial charge in [0.25, 0.3) is 0 Å². The van der Waals surface area contributed by atoms with E-state index in [1.165, 1.54) is 25.1 Å². The molecule has 2 nitrogen and oxygen atoms in total. The summed E-state index contributed by atoms with van der Waals surface area (Å²) < 4.78 is 19.6. The topological polar surface area (TPSA) is 26.3 Å². The molecule has 1 aromatic carbocycles. The van der Waals surface area contributed by atoms with E-state index in [2.05, 4.69) is 15.9 Å². The number of hydrogen-bond acceptors (Lipinski definition) is 3. The maximum atomic E-state index is 13.1. The lowest BCUT2D eigenvalue weighted by atomic mass is 10.1. The van der Waals surface area contributed by atoms with Crippen molar-refractivity contribution in [2.24, 2.45) is 0 Å². The fourth-order valence-electron chi connectivity index (χ4n) is 1.49. The minimum atomic E-state index is -0.439. The van der Waals surface area contributed by atoms with Crippen molar-refractivity contribution in [2.75, 3.05) is 0 Å². The van der Waals surface area contributed by atoms with E-state index < -0.39 is 5.82 Å². The van der Waals surface area contributed by atoms with Crippen LogP contribution in [0.2, 0.25) is 0 Å². The molecule has 0 aliphatic carbocycles. The monoisotopic (exact) mass is 328 g/mol. The number of rotatable bonds is 4. The number of thiophene rings is 1. The first-order valence-electron chi connectivity index (χ1n) is 5.22. The minimum absolute atomic E-state index is 0.212. The summed E-state index contributed by atoms with van der Waals surface area (Å²) in [5.74, 6) is -0.243. The Labute approximate surface area is 117 Å². The van der Waals surface area contributed by atoms with Gasteiger partial charge in [-0.2, -0.15) is 0 Å². The molecule has 1 heterocycles. The molecule has 18 heavy (non-hydrogen) atoms. The summed E-state index contributed by atoms with van der Waals surface area (Å²) in [6.45, 7) is 1.75. The molecule has 0 atom stereocenters.